The van der Waals surface area contributed by atoms with E-state index in [0.29, 0.717) is 0 Å². The molecule has 0 amide bonds. The Labute approximate surface area is 104 Å². The van der Waals surface area contributed by atoms with Crippen molar-refractivity contribution in [1.82, 2.24) is 4.57 Å². The highest BCUT2D eigenvalue weighted by Gasteiger charge is 2.26. The van der Waals surface area contributed by atoms with E-state index < -0.39 is 0 Å². The summed E-state index contributed by atoms with van der Waals surface area (Å²) >= 11 is 0. The molecular formula is C15H12FNO. The van der Waals surface area contributed by atoms with Gasteiger partial charge in [0.2, 0.25) is 0 Å². The zero-order valence-corrected chi connectivity index (χ0v) is 9.71. The van der Waals surface area contributed by atoms with Crippen molar-refractivity contribution in [3.63, 3.8) is 0 Å². The van der Waals surface area contributed by atoms with Crippen molar-refractivity contribution < 1.29 is 9.18 Å². The van der Waals surface area contributed by atoms with E-state index in [-0.39, 0.29) is 11.7 Å². The molecule has 2 nitrogen and oxygen atoms in total. The molecule has 18 heavy (non-hydrogen) atoms. The SMILES string of the molecule is O=CC1/C(=C\c2ccc(F)cc2)Cn2cccc21. The predicted molar refractivity (Wildman–Crippen MR) is 67.6 cm³/mol. The van der Waals surface area contributed by atoms with Crippen LogP contribution >= 0.6 is 0 Å². The maximum absolute atomic E-state index is 12.8. The van der Waals surface area contributed by atoms with E-state index in [4.69, 9.17) is 0 Å². The lowest BCUT2D eigenvalue weighted by Crippen LogP contribution is -1.97. The lowest BCUT2D eigenvalue weighted by Gasteiger charge is -2.03. The molecule has 0 aliphatic carbocycles. The Morgan fingerprint density at radius 3 is 2.72 bits per heavy atom. The molecule has 0 saturated carbocycles. The van der Waals surface area contributed by atoms with Crippen molar-refractivity contribution in [2.75, 3.05) is 0 Å². The summed E-state index contributed by atoms with van der Waals surface area (Å²) in [5.74, 6) is -0.424. The van der Waals surface area contributed by atoms with Gasteiger partial charge in [0.1, 0.15) is 12.1 Å². The van der Waals surface area contributed by atoms with Crippen LogP contribution in [0.4, 0.5) is 4.39 Å². The van der Waals surface area contributed by atoms with Crippen LogP contribution < -0.4 is 0 Å². The van der Waals surface area contributed by atoms with Gasteiger partial charge in [0.15, 0.2) is 0 Å². The predicted octanol–water partition coefficient (Wildman–Crippen LogP) is 3.01. The molecule has 3 rings (SSSR count). The van der Waals surface area contributed by atoms with Crippen molar-refractivity contribution in [2.24, 2.45) is 0 Å². The van der Waals surface area contributed by atoms with Crippen LogP contribution in [0.25, 0.3) is 6.08 Å². The van der Waals surface area contributed by atoms with Crippen molar-refractivity contribution >= 4 is 12.4 Å². The summed E-state index contributed by atoms with van der Waals surface area (Å²) in [7, 11) is 0. The van der Waals surface area contributed by atoms with Crippen LogP contribution in [0, 0.1) is 5.82 Å². The topological polar surface area (TPSA) is 22.0 Å². The molecular weight excluding hydrogens is 229 g/mol. The van der Waals surface area contributed by atoms with E-state index in [9.17, 15) is 9.18 Å². The van der Waals surface area contributed by atoms with E-state index in [1.54, 1.807) is 12.1 Å². The maximum Gasteiger partial charge on any atom is 0.133 e. The Hall–Kier alpha value is -2.16. The smallest absolute Gasteiger partial charge is 0.133 e. The fourth-order valence-corrected chi connectivity index (χ4v) is 2.40. The molecule has 90 valence electrons. The van der Waals surface area contributed by atoms with E-state index >= 15 is 0 Å². The van der Waals surface area contributed by atoms with E-state index in [0.717, 1.165) is 29.7 Å². The van der Waals surface area contributed by atoms with Crippen molar-refractivity contribution in [1.29, 1.82) is 0 Å². The summed E-state index contributed by atoms with van der Waals surface area (Å²) in [5, 5.41) is 0. The van der Waals surface area contributed by atoms with E-state index in [2.05, 4.69) is 4.57 Å². The zero-order valence-electron chi connectivity index (χ0n) is 9.71. The van der Waals surface area contributed by atoms with Gasteiger partial charge in [-0.25, -0.2) is 4.39 Å². The Bertz CT molecular complexity index is 610. The molecule has 1 aromatic heterocycles. The number of allylic oxidation sites excluding steroid dienone is 1. The summed E-state index contributed by atoms with van der Waals surface area (Å²) in [6.45, 7) is 0.725. The third-order valence-electron chi connectivity index (χ3n) is 3.29. The molecule has 3 heteroatoms. The zero-order chi connectivity index (χ0) is 12.5. The van der Waals surface area contributed by atoms with Crippen LogP contribution in [0.5, 0.6) is 0 Å². The van der Waals surface area contributed by atoms with Crippen LogP contribution in [0.3, 0.4) is 0 Å². The minimum absolute atomic E-state index is 0.176. The molecule has 0 saturated heterocycles. The molecule has 1 atom stereocenters. The van der Waals surface area contributed by atoms with Gasteiger partial charge in [-0.1, -0.05) is 18.2 Å². The highest BCUT2D eigenvalue weighted by atomic mass is 19.1. The van der Waals surface area contributed by atoms with Gasteiger partial charge in [-0.05, 0) is 35.4 Å². The van der Waals surface area contributed by atoms with E-state index in [1.165, 1.54) is 12.1 Å². The minimum atomic E-state index is -0.248. The maximum atomic E-state index is 12.8. The van der Waals surface area contributed by atoms with Gasteiger partial charge < -0.3 is 9.36 Å². The number of carbonyl (C=O) groups is 1. The first kappa shape index (κ1) is 11.0. The fraction of sp³-hybridized carbons (Fsp3) is 0.133. The summed E-state index contributed by atoms with van der Waals surface area (Å²) in [6.07, 6.45) is 4.90. The molecule has 0 N–H and O–H groups in total. The second-order valence-corrected chi connectivity index (χ2v) is 4.45. The first-order valence-corrected chi connectivity index (χ1v) is 5.84. The normalized spacial score (nSPS) is 20.1. The number of hydrogen-bond donors (Lipinski definition) is 0. The quantitative estimate of drug-likeness (QED) is 0.741. The number of rotatable bonds is 2. The Kier molecular flexibility index (Phi) is 2.59. The number of fused-ring (bicyclic) bond motifs is 1. The molecule has 1 aromatic carbocycles. The van der Waals surface area contributed by atoms with Crippen LogP contribution in [0.1, 0.15) is 17.2 Å². The van der Waals surface area contributed by atoms with Gasteiger partial charge in [-0.3, -0.25) is 0 Å². The highest BCUT2D eigenvalue weighted by Crippen LogP contribution is 2.32. The fourth-order valence-electron chi connectivity index (χ4n) is 2.40. The lowest BCUT2D eigenvalue weighted by molar-refractivity contribution is -0.108. The van der Waals surface area contributed by atoms with Crippen molar-refractivity contribution in [2.45, 2.75) is 12.5 Å². The van der Waals surface area contributed by atoms with Gasteiger partial charge in [0, 0.05) is 18.4 Å². The number of carbonyl (C=O) groups excluding carboxylic acids is 1. The van der Waals surface area contributed by atoms with E-state index in [1.807, 2.05) is 24.4 Å². The molecule has 2 aromatic rings. The van der Waals surface area contributed by atoms with Gasteiger partial charge in [0.05, 0.1) is 5.92 Å². The molecule has 0 bridgehead atoms. The second-order valence-electron chi connectivity index (χ2n) is 4.45. The average molecular weight is 241 g/mol. The monoisotopic (exact) mass is 241 g/mol. The molecule has 0 spiro atoms. The van der Waals surface area contributed by atoms with Gasteiger partial charge in [-0.15, -0.1) is 0 Å². The first-order chi connectivity index (χ1) is 8.78. The van der Waals surface area contributed by atoms with Crippen LogP contribution in [-0.2, 0) is 11.3 Å². The van der Waals surface area contributed by atoms with Crippen LogP contribution in [-0.4, -0.2) is 10.9 Å². The van der Waals surface area contributed by atoms with Crippen LogP contribution in [0.2, 0.25) is 0 Å². The first-order valence-electron chi connectivity index (χ1n) is 5.84. The summed E-state index contributed by atoms with van der Waals surface area (Å²) < 4.78 is 14.9. The number of benzene rings is 1. The largest absolute Gasteiger partial charge is 0.346 e. The molecule has 1 aliphatic heterocycles. The third-order valence-corrected chi connectivity index (χ3v) is 3.29. The summed E-state index contributed by atoms with van der Waals surface area (Å²) in [4.78, 5) is 11.2. The van der Waals surface area contributed by atoms with Gasteiger partial charge in [0.25, 0.3) is 0 Å². The van der Waals surface area contributed by atoms with Crippen LogP contribution in [0.15, 0.2) is 48.2 Å². The second kappa shape index (κ2) is 4.26. The third kappa shape index (κ3) is 1.78. The molecule has 0 radical (unpaired) electrons. The standard InChI is InChI=1S/C15H12FNO/c16-13-5-3-11(4-6-13)8-12-9-17-7-1-2-15(17)14(12)10-18/h1-8,10,14H,9H2/b12-8-. The van der Waals surface area contributed by atoms with Crippen molar-refractivity contribution in [3.05, 3.63) is 65.2 Å². The number of hydrogen-bond acceptors (Lipinski definition) is 1. The molecule has 0 fully saturated rings. The Balaban J connectivity index is 1.96. The Morgan fingerprint density at radius 1 is 1.22 bits per heavy atom. The van der Waals surface area contributed by atoms with Gasteiger partial charge in [-0.2, -0.15) is 0 Å². The number of aldehydes is 1. The molecule has 1 aliphatic rings. The minimum Gasteiger partial charge on any atom is -0.346 e. The highest BCUT2D eigenvalue weighted by molar-refractivity contribution is 5.73. The number of aromatic nitrogens is 1. The summed E-state index contributed by atoms with van der Waals surface area (Å²) in [6, 6.07) is 10.2. The Morgan fingerprint density at radius 2 is 2.00 bits per heavy atom. The average Bonchev–Trinajstić information content (AvgIpc) is 2.92. The molecule has 2 heterocycles. The van der Waals surface area contributed by atoms with Crippen molar-refractivity contribution in [3.8, 4) is 0 Å². The molecule has 1 unspecified atom stereocenters. The number of nitrogens with zero attached hydrogens (tertiary/aromatic N) is 1. The number of halogens is 1. The lowest BCUT2D eigenvalue weighted by atomic mass is 9.98. The van der Waals surface area contributed by atoms with Gasteiger partial charge >= 0.3 is 0 Å². The summed E-state index contributed by atoms with van der Waals surface area (Å²) in [5.41, 5.74) is 2.99.